The quantitative estimate of drug-likeness (QED) is 0.863. The number of allylic oxidation sites excluding steroid dienone is 3. The zero-order valence-corrected chi connectivity index (χ0v) is 14.3. The molecule has 0 atom stereocenters. The van der Waals surface area contributed by atoms with E-state index in [0.29, 0.717) is 17.4 Å². The maximum Gasteiger partial charge on any atom is 0.219 e. The molecule has 0 unspecified atom stereocenters. The van der Waals surface area contributed by atoms with E-state index in [1.165, 1.54) is 49.8 Å². The minimum atomic E-state index is 0.241. The van der Waals surface area contributed by atoms with Crippen molar-refractivity contribution >= 4 is 5.91 Å². The van der Waals surface area contributed by atoms with E-state index in [4.69, 9.17) is 0 Å². The van der Waals surface area contributed by atoms with E-state index in [0.717, 1.165) is 13.1 Å². The standard InChI is InChI=1S/C19H30N2O/c1-14(2)17-6-4-5-7-18(17)20-16-8-10-19(11-9-16)12-21(13-19)15(3)22/h6-7,14,16,20H,4-5,8-13H2,1-3H3. The lowest BCUT2D eigenvalue weighted by Gasteiger charge is -2.53. The van der Waals surface area contributed by atoms with Crippen molar-refractivity contribution in [1.82, 2.24) is 10.2 Å². The first-order chi connectivity index (χ1) is 10.5. The molecule has 1 spiro atoms. The SMILES string of the molecule is CC(=O)N1CC2(CCC(NC3=CCCC=C3C(C)C)CC2)C1. The van der Waals surface area contributed by atoms with Gasteiger partial charge in [0.25, 0.3) is 0 Å². The molecule has 3 rings (SSSR count). The molecule has 0 aromatic rings. The molecule has 1 amide bonds. The Morgan fingerprint density at radius 1 is 1.23 bits per heavy atom. The number of likely N-dealkylation sites (tertiary alicyclic amines) is 1. The third-order valence-electron chi connectivity index (χ3n) is 5.72. The third-order valence-corrected chi connectivity index (χ3v) is 5.72. The Morgan fingerprint density at radius 3 is 2.45 bits per heavy atom. The molecule has 2 fully saturated rings. The van der Waals surface area contributed by atoms with E-state index in [2.05, 4.69) is 31.3 Å². The molecule has 1 saturated carbocycles. The van der Waals surface area contributed by atoms with Crippen LogP contribution in [-0.4, -0.2) is 29.9 Å². The molecule has 1 N–H and O–H groups in total. The highest BCUT2D eigenvalue weighted by molar-refractivity contribution is 5.74. The number of hydrogen-bond acceptors (Lipinski definition) is 2. The van der Waals surface area contributed by atoms with Gasteiger partial charge in [0.1, 0.15) is 0 Å². The van der Waals surface area contributed by atoms with Crippen LogP contribution in [0.15, 0.2) is 23.4 Å². The normalized spacial score (nSPS) is 24.8. The molecule has 0 aromatic heterocycles. The van der Waals surface area contributed by atoms with Crippen molar-refractivity contribution in [3.8, 4) is 0 Å². The van der Waals surface area contributed by atoms with Gasteiger partial charge in [-0.25, -0.2) is 0 Å². The lowest BCUT2D eigenvalue weighted by atomic mass is 9.67. The summed E-state index contributed by atoms with van der Waals surface area (Å²) in [5.74, 6) is 0.842. The number of nitrogens with zero attached hydrogens (tertiary/aromatic N) is 1. The van der Waals surface area contributed by atoms with E-state index < -0.39 is 0 Å². The number of nitrogens with one attached hydrogen (secondary N) is 1. The van der Waals surface area contributed by atoms with Gasteiger partial charge in [-0.15, -0.1) is 0 Å². The number of amides is 1. The van der Waals surface area contributed by atoms with E-state index in [1.54, 1.807) is 6.92 Å². The highest BCUT2D eigenvalue weighted by Crippen LogP contribution is 2.44. The van der Waals surface area contributed by atoms with Gasteiger partial charge in [0.15, 0.2) is 0 Å². The van der Waals surface area contributed by atoms with Gasteiger partial charge in [0, 0.05) is 37.2 Å². The van der Waals surface area contributed by atoms with E-state index in [-0.39, 0.29) is 5.91 Å². The fraction of sp³-hybridized carbons (Fsp3) is 0.737. The van der Waals surface area contributed by atoms with Gasteiger partial charge in [0.05, 0.1) is 0 Å². The molecule has 1 saturated heterocycles. The average molecular weight is 302 g/mol. The van der Waals surface area contributed by atoms with Crippen molar-refractivity contribution in [2.45, 2.75) is 65.3 Å². The highest BCUT2D eigenvalue weighted by Gasteiger charge is 2.46. The van der Waals surface area contributed by atoms with Crippen LogP contribution in [0.3, 0.4) is 0 Å². The van der Waals surface area contributed by atoms with Gasteiger partial charge in [-0.2, -0.15) is 0 Å². The number of carbonyl (C=O) groups is 1. The maximum absolute atomic E-state index is 11.4. The molecule has 2 aliphatic carbocycles. The Balaban J connectivity index is 1.52. The van der Waals surface area contributed by atoms with Crippen LogP contribution in [0, 0.1) is 11.3 Å². The zero-order valence-electron chi connectivity index (χ0n) is 14.3. The summed E-state index contributed by atoms with van der Waals surface area (Å²) in [6.45, 7) is 8.25. The fourth-order valence-electron chi connectivity index (χ4n) is 4.28. The molecule has 0 aromatic carbocycles. The van der Waals surface area contributed by atoms with Gasteiger partial charge >= 0.3 is 0 Å². The summed E-state index contributed by atoms with van der Waals surface area (Å²) in [6, 6.07) is 0.614. The Hall–Kier alpha value is -1.25. The van der Waals surface area contributed by atoms with Gasteiger partial charge in [-0.1, -0.05) is 26.0 Å². The van der Waals surface area contributed by atoms with Crippen LogP contribution in [0.25, 0.3) is 0 Å². The number of rotatable bonds is 3. The summed E-state index contributed by atoms with van der Waals surface area (Å²) >= 11 is 0. The predicted octanol–water partition coefficient (Wildman–Crippen LogP) is 3.63. The van der Waals surface area contributed by atoms with Crippen molar-refractivity contribution in [2.24, 2.45) is 11.3 Å². The van der Waals surface area contributed by atoms with Crippen LogP contribution in [0.1, 0.15) is 59.3 Å². The maximum atomic E-state index is 11.4. The third kappa shape index (κ3) is 3.09. The fourth-order valence-corrected chi connectivity index (χ4v) is 4.28. The highest BCUT2D eigenvalue weighted by atomic mass is 16.2. The van der Waals surface area contributed by atoms with Crippen molar-refractivity contribution in [1.29, 1.82) is 0 Å². The molecule has 0 bridgehead atoms. The minimum Gasteiger partial charge on any atom is -0.382 e. The van der Waals surface area contributed by atoms with Crippen LogP contribution < -0.4 is 5.32 Å². The van der Waals surface area contributed by atoms with Crippen LogP contribution in [-0.2, 0) is 4.79 Å². The molecule has 1 aliphatic heterocycles. The second-order valence-electron chi connectivity index (χ2n) is 7.80. The van der Waals surface area contributed by atoms with Gasteiger partial charge < -0.3 is 10.2 Å². The van der Waals surface area contributed by atoms with Crippen LogP contribution >= 0.6 is 0 Å². The Morgan fingerprint density at radius 2 is 1.86 bits per heavy atom. The number of hydrogen-bond donors (Lipinski definition) is 1. The molecular formula is C19H30N2O. The topological polar surface area (TPSA) is 32.3 Å². The van der Waals surface area contributed by atoms with Crippen molar-refractivity contribution in [2.75, 3.05) is 13.1 Å². The first kappa shape index (κ1) is 15.6. The summed E-state index contributed by atoms with van der Waals surface area (Å²) < 4.78 is 0. The average Bonchev–Trinajstić information content (AvgIpc) is 2.46. The van der Waals surface area contributed by atoms with Crippen molar-refractivity contribution in [3.63, 3.8) is 0 Å². The Labute approximate surface area is 134 Å². The summed E-state index contributed by atoms with van der Waals surface area (Å²) in [4.78, 5) is 13.4. The minimum absolute atomic E-state index is 0.241. The monoisotopic (exact) mass is 302 g/mol. The van der Waals surface area contributed by atoms with Crippen LogP contribution in [0.4, 0.5) is 0 Å². The van der Waals surface area contributed by atoms with Crippen LogP contribution in [0.5, 0.6) is 0 Å². The predicted molar refractivity (Wildman–Crippen MR) is 90.3 cm³/mol. The van der Waals surface area contributed by atoms with E-state index >= 15 is 0 Å². The van der Waals surface area contributed by atoms with Crippen molar-refractivity contribution < 1.29 is 4.79 Å². The largest absolute Gasteiger partial charge is 0.382 e. The Bertz CT molecular complexity index is 488. The van der Waals surface area contributed by atoms with E-state index in [1.807, 2.05) is 4.90 Å². The van der Waals surface area contributed by atoms with Crippen LogP contribution in [0.2, 0.25) is 0 Å². The summed E-state index contributed by atoms with van der Waals surface area (Å²) in [6.07, 6.45) is 12.2. The smallest absolute Gasteiger partial charge is 0.219 e. The lowest BCUT2D eigenvalue weighted by molar-refractivity contribution is -0.143. The molecule has 0 radical (unpaired) electrons. The van der Waals surface area contributed by atoms with E-state index in [9.17, 15) is 4.79 Å². The van der Waals surface area contributed by atoms with Gasteiger partial charge in [-0.3, -0.25) is 4.79 Å². The first-order valence-corrected chi connectivity index (χ1v) is 8.92. The Kier molecular flexibility index (Phi) is 4.33. The first-order valence-electron chi connectivity index (χ1n) is 8.92. The second kappa shape index (κ2) is 6.10. The molecule has 3 heteroatoms. The summed E-state index contributed by atoms with van der Waals surface area (Å²) in [5.41, 5.74) is 3.33. The van der Waals surface area contributed by atoms with Gasteiger partial charge in [0.2, 0.25) is 5.91 Å². The second-order valence-corrected chi connectivity index (χ2v) is 7.80. The summed E-state index contributed by atoms with van der Waals surface area (Å²) in [5, 5.41) is 3.82. The summed E-state index contributed by atoms with van der Waals surface area (Å²) in [7, 11) is 0. The molecule has 122 valence electrons. The lowest BCUT2D eigenvalue weighted by Crippen LogP contribution is -2.59. The molecule has 3 aliphatic rings. The zero-order chi connectivity index (χ0) is 15.7. The number of carbonyl (C=O) groups excluding carboxylic acids is 1. The van der Waals surface area contributed by atoms with Crippen molar-refractivity contribution in [3.05, 3.63) is 23.4 Å². The molecule has 22 heavy (non-hydrogen) atoms. The van der Waals surface area contributed by atoms with Gasteiger partial charge in [-0.05, 0) is 50.0 Å². The molecule has 1 heterocycles. The molecule has 3 nitrogen and oxygen atoms in total. The molecular weight excluding hydrogens is 272 g/mol.